The van der Waals surface area contributed by atoms with Crippen molar-refractivity contribution in [3.8, 4) is 12.3 Å². The Balaban J connectivity index is 1.98. The summed E-state index contributed by atoms with van der Waals surface area (Å²) in [6.45, 7) is 18.0. The van der Waals surface area contributed by atoms with Crippen LogP contribution in [-0.2, 0) is 20.9 Å². The summed E-state index contributed by atoms with van der Waals surface area (Å²) in [6, 6.07) is 17.5. The predicted molar refractivity (Wildman–Crippen MR) is 182 cm³/mol. The highest BCUT2D eigenvalue weighted by Crippen LogP contribution is 2.58. The summed E-state index contributed by atoms with van der Waals surface area (Å²) in [5, 5.41) is 0. The molecule has 1 fully saturated rings. The third-order valence-electron chi connectivity index (χ3n) is 10.3. The van der Waals surface area contributed by atoms with Crippen molar-refractivity contribution in [2.45, 2.75) is 115 Å². The fourth-order valence-corrected chi connectivity index (χ4v) is 14.6. The van der Waals surface area contributed by atoms with E-state index in [1.165, 1.54) is 5.56 Å². The first-order chi connectivity index (χ1) is 20.3. The van der Waals surface area contributed by atoms with E-state index in [2.05, 4.69) is 84.7 Å². The molecule has 232 valence electrons. The van der Waals surface area contributed by atoms with Crippen LogP contribution in [0.25, 0.3) is 0 Å². The van der Waals surface area contributed by atoms with Crippen molar-refractivity contribution in [1.82, 2.24) is 0 Å². The van der Waals surface area contributed by atoms with Gasteiger partial charge in [-0.15, -0.1) is 6.42 Å². The van der Waals surface area contributed by atoms with Gasteiger partial charge in [0.05, 0.1) is 21.8 Å². The number of rotatable bonds is 11. The smallest absolute Gasteiger partial charge is 0.282 e. The van der Waals surface area contributed by atoms with Crippen molar-refractivity contribution in [3.63, 3.8) is 0 Å². The lowest BCUT2D eigenvalue weighted by atomic mass is 9.68. The minimum absolute atomic E-state index is 0.0380. The number of hydrogen-bond donors (Lipinski definition) is 0. The molecule has 2 aromatic rings. The van der Waals surface area contributed by atoms with Crippen molar-refractivity contribution in [3.05, 3.63) is 77.6 Å². The fraction of sp³-hybridized carbons (Fsp3) is 0.541. The molecule has 0 heterocycles. The largest absolute Gasteiger partial charge is 0.545 e. The van der Waals surface area contributed by atoms with E-state index in [4.69, 9.17) is 15.2 Å². The first kappa shape index (κ1) is 33.3. The average Bonchev–Trinajstić information content (AvgIpc) is 3.12. The molecule has 5 rings (SSSR count). The zero-order chi connectivity index (χ0) is 31.6. The fourth-order valence-electron chi connectivity index (χ4n) is 8.17. The Kier molecular flexibility index (Phi) is 9.89. The average molecular weight is 618 g/mol. The molecule has 1 saturated carbocycles. The molecule has 3 aliphatic carbocycles. The van der Waals surface area contributed by atoms with Gasteiger partial charge < -0.3 is 4.43 Å². The lowest BCUT2D eigenvalue weighted by molar-refractivity contribution is 0.176. The molecular formula is C37H51NO3SSi. The number of sulfonamides is 1. The van der Waals surface area contributed by atoms with Crippen LogP contribution in [-0.4, -0.2) is 22.4 Å². The van der Waals surface area contributed by atoms with Crippen LogP contribution in [0.4, 0.5) is 0 Å². The minimum atomic E-state index is -3.97. The maximum absolute atomic E-state index is 13.9. The van der Waals surface area contributed by atoms with Crippen LogP contribution in [0.3, 0.4) is 0 Å². The maximum Gasteiger partial charge on any atom is 0.282 e. The van der Waals surface area contributed by atoms with E-state index in [1.54, 1.807) is 12.1 Å². The third-order valence-corrected chi connectivity index (χ3v) is 17.6. The van der Waals surface area contributed by atoms with Gasteiger partial charge in [0, 0.05) is 17.8 Å². The van der Waals surface area contributed by atoms with Gasteiger partial charge in [0.1, 0.15) is 0 Å². The maximum atomic E-state index is 13.9. The number of benzene rings is 2. The van der Waals surface area contributed by atoms with Gasteiger partial charge in [-0.25, -0.2) is 0 Å². The topological polar surface area (TPSA) is 55.7 Å². The lowest BCUT2D eigenvalue weighted by Crippen LogP contribution is -2.49. The van der Waals surface area contributed by atoms with Gasteiger partial charge in [0.15, 0.2) is 0 Å². The molecule has 2 bridgehead atoms. The summed E-state index contributed by atoms with van der Waals surface area (Å²) in [7, 11) is -6.29. The third kappa shape index (κ3) is 6.18. The Morgan fingerprint density at radius 3 is 2.14 bits per heavy atom. The number of aryl methyl sites for hydroxylation is 1. The summed E-state index contributed by atoms with van der Waals surface area (Å²) in [4.78, 5) is 0.206. The second-order valence-corrected chi connectivity index (χ2v) is 20.9. The highest BCUT2D eigenvalue weighted by molar-refractivity contribution is 7.90. The predicted octanol–water partition coefficient (Wildman–Crippen LogP) is 9.66. The Labute approximate surface area is 262 Å². The first-order valence-corrected chi connectivity index (χ1v) is 19.7. The van der Waals surface area contributed by atoms with E-state index in [0.717, 1.165) is 37.0 Å². The van der Waals surface area contributed by atoms with Crippen LogP contribution in [0.5, 0.6) is 0 Å². The molecule has 0 unspecified atom stereocenters. The number of allylic oxidation sites excluding steroid dienone is 2. The highest BCUT2D eigenvalue weighted by atomic mass is 32.2. The van der Waals surface area contributed by atoms with Crippen LogP contribution >= 0.6 is 0 Å². The Bertz CT molecular complexity index is 1460. The van der Waals surface area contributed by atoms with E-state index in [1.807, 2.05) is 25.1 Å². The summed E-state index contributed by atoms with van der Waals surface area (Å²) in [5.74, 6) is 4.16. The van der Waals surface area contributed by atoms with Crippen LogP contribution in [0.1, 0.15) is 91.7 Å². The standard InChI is InChI=1S/C37H51NO3SSi/c1-10-22-37(11-2)32-21-23-36(25-31-15-13-12-14-16-31,35(24-32)41-43(27(3)4,28(5)6)29(7)8)26-34(37)38-42(39,40)33-19-17-30(9)18-20-33/h2,12-20,24,27-29,32H,10,21-23,25-26H2,1,3-9H3/b38-34+/t32-,36+,37+/m1/s1. The zero-order valence-electron chi connectivity index (χ0n) is 27.5. The minimum Gasteiger partial charge on any atom is -0.545 e. The summed E-state index contributed by atoms with van der Waals surface area (Å²) < 4.78 is 40.1. The van der Waals surface area contributed by atoms with Gasteiger partial charge >= 0.3 is 0 Å². The van der Waals surface area contributed by atoms with Crippen molar-refractivity contribution in [1.29, 1.82) is 0 Å². The van der Waals surface area contributed by atoms with E-state index < -0.39 is 29.2 Å². The van der Waals surface area contributed by atoms with Crippen LogP contribution in [0.15, 0.2) is 75.7 Å². The second-order valence-electron chi connectivity index (χ2n) is 13.9. The monoisotopic (exact) mass is 617 g/mol. The molecule has 3 aliphatic rings. The van der Waals surface area contributed by atoms with E-state index in [9.17, 15) is 8.42 Å². The quantitative estimate of drug-likeness (QED) is 0.186. The first-order valence-electron chi connectivity index (χ1n) is 16.1. The normalized spacial score (nSPS) is 25.2. The number of terminal acetylenes is 1. The van der Waals surface area contributed by atoms with E-state index >= 15 is 0 Å². The molecule has 0 saturated heterocycles. The zero-order valence-corrected chi connectivity index (χ0v) is 29.3. The van der Waals surface area contributed by atoms with E-state index in [0.29, 0.717) is 35.2 Å². The van der Waals surface area contributed by atoms with Crippen LogP contribution < -0.4 is 0 Å². The number of fused-ring (bicyclic) bond motifs is 3. The molecule has 0 radical (unpaired) electrons. The molecule has 43 heavy (non-hydrogen) atoms. The van der Waals surface area contributed by atoms with Gasteiger partial charge in [0.2, 0.25) is 0 Å². The number of nitrogens with zero attached hydrogens (tertiary/aromatic N) is 1. The molecular weight excluding hydrogens is 567 g/mol. The Morgan fingerprint density at radius 2 is 1.60 bits per heavy atom. The molecule has 2 aromatic carbocycles. The van der Waals surface area contributed by atoms with Gasteiger partial charge in [0.25, 0.3) is 18.3 Å². The highest BCUT2D eigenvalue weighted by Gasteiger charge is 2.57. The van der Waals surface area contributed by atoms with Gasteiger partial charge in [-0.1, -0.05) is 109 Å². The molecule has 0 amide bonds. The van der Waals surface area contributed by atoms with Crippen molar-refractivity contribution >= 4 is 24.1 Å². The summed E-state index contributed by atoms with van der Waals surface area (Å²) >= 11 is 0. The molecule has 0 N–H and O–H groups in total. The van der Waals surface area contributed by atoms with Crippen LogP contribution in [0.2, 0.25) is 16.6 Å². The molecule has 4 nitrogen and oxygen atoms in total. The molecule has 6 heteroatoms. The van der Waals surface area contributed by atoms with Crippen molar-refractivity contribution < 1.29 is 12.8 Å². The molecule has 0 spiro atoms. The lowest BCUT2D eigenvalue weighted by Gasteiger charge is -2.48. The summed E-state index contributed by atoms with van der Waals surface area (Å²) in [6.07, 6.45) is 13.3. The SMILES string of the molecule is C#C[C@@]1(CCC)/C(=N/S(=O)(=O)c2ccc(C)cc2)C[C@@]2(Cc3ccccc3)CC[C@@H]1C=C2O[Si](C(C)C)(C(C)C)C(C)C. The van der Waals surface area contributed by atoms with E-state index in [-0.39, 0.29) is 10.8 Å². The molecule has 0 aromatic heterocycles. The molecule has 0 aliphatic heterocycles. The van der Waals surface area contributed by atoms with Gasteiger partial charge in [-0.2, -0.15) is 12.8 Å². The Hall–Kier alpha value is -2.62. The molecule has 3 atom stereocenters. The van der Waals surface area contributed by atoms with Gasteiger partial charge in [-0.3, -0.25) is 0 Å². The van der Waals surface area contributed by atoms with Crippen LogP contribution in [0, 0.1) is 36.0 Å². The van der Waals surface area contributed by atoms with Crippen molar-refractivity contribution in [2.75, 3.05) is 0 Å². The second kappa shape index (κ2) is 12.8. The Morgan fingerprint density at radius 1 is 1.00 bits per heavy atom. The van der Waals surface area contributed by atoms with Crippen molar-refractivity contribution in [2.24, 2.45) is 21.1 Å². The number of hydrogen-bond acceptors (Lipinski definition) is 3. The summed E-state index contributed by atoms with van der Waals surface area (Å²) in [5.41, 5.74) is 2.86. The van der Waals surface area contributed by atoms with Gasteiger partial charge in [-0.05, 0) is 73.0 Å².